The second-order valence-electron chi connectivity index (χ2n) is 7.99. The molecule has 0 aliphatic carbocycles. The molecular formula is C23H27N5O3S2. The van der Waals surface area contributed by atoms with Crippen LogP contribution in [0.4, 0.5) is 0 Å². The third-order valence-corrected chi connectivity index (χ3v) is 8.06. The van der Waals surface area contributed by atoms with Crippen molar-refractivity contribution in [2.24, 2.45) is 0 Å². The van der Waals surface area contributed by atoms with E-state index in [1.807, 2.05) is 37.3 Å². The molecule has 8 nitrogen and oxygen atoms in total. The second kappa shape index (κ2) is 9.66. The van der Waals surface area contributed by atoms with Crippen LogP contribution in [-0.2, 0) is 22.3 Å². The molecule has 174 valence electrons. The normalized spacial score (nSPS) is 12.2. The first kappa shape index (κ1) is 23.5. The highest BCUT2D eigenvalue weighted by Crippen LogP contribution is 2.30. The van der Waals surface area contributed by atoms with Crippen molar-refractivity contribution >= 4 is 32.8 Å². The molecule has 0 aliphatic heterocycles. The van der Waals surface area contributed by atoms with Gasteiger partial charge in [0, 0.05) is 26.2 Å². The highest BCUT2D eigenvalue weighted by Gasteiger charge is 2.20. The van der Waals surface area contributed by atoms with Gasteiger partial charge in [0.1, 0.15) is 0 Å². The summed E-state index contributed by atoms with van der Waals surface area (Å²) in [5.74, 6) is 1.47. The van der Waals surface area contributed by atoms with Crippen LogP contribution in [0, 0.1) is 6.92 Å². The van der Waals surface area contributed by atoms with Crippen molar-refractivity contribution in [3.63, 3.8) is 0 Å². The van der Waals surface area contributed by atoms with E-state index >= 15 is 0 Å². The number of aromatic nitrogens is 4. The zero-order chi connectivity index (χ0) is 23.6. The van der Waals surface area contributed by atoms with Crippen LogP contribution in [0.15, 0.2) is 56.9 Å². The summed E-state index contributed by atoms with van der Waals surface area (Å²) in [6.07, 6.45) is 2.04. The molecule has 4 aromatic rings. The van der Waals surface area contributed by atoms with E-state index < -0.39 is 10.0 Å². The van der Waals surface area contributed by atoms with Crippen LogP contribution in [0.3, 0.4) is 0 Å². The zero-order valence-electron chi connectivity index (χ0n) is 19.1. The van der Waals surface area contributed by atoms with Crippen LogP contribution in [-0.4, -0.2) is 46.6 Å². The van der Waals surface area contributed by atoms with Gasteiger partial charge in [-0.25, -0.2) is 17.7 Å². The van der Waals surface area contributed by atoms with Gasteiger partial charge in [-0.1, -0.05) is 42.8 Å². The molecule has 0 spiro atoms. The summed E-state index contributed by atoms with van der Waals surface area (Å²) in [4.78, 5) is 4.97. The maximum atomic E-state index is 12.5. The van der Waals surface area contributed by atoms with Gasteiger partial charge in [0.2, 0.25) is 21.8 Å². The average molecular weight is 486 g/mol. The van der Waals surface area contributed by atoms with Gasteiger partial charge in [-0.2, -0.15) is 0 Å². The lowest BCUT2D eigenvalue weighted by Gasteiger charge is -2.11. The largest absolute Gasteiger partial charge is 0.420 e. The van der Waals surface area contributed by atoms with Crippen molar-refractivity contribution in [2.45, 2.75) is 49.0 Å². The Morgan fingerprint density at radius 1 is 1.09 bits per heavy atom. The summed E-state index contributed by atoms with van der Waals surface area (Å²) in [7, 11) is -0.479. The molecule has 4 rings (SSSR count). The number of nitrogens with zero attached hydrogens (tertiary/aromatic N) is 5. The lowest BCUT2D eigenvalue weighted by atomic mass is 10.1. The SMILES string of the molecule is CCCCn1c(SCc2nnc(-c3ccc(C)cc3)o2)nc2cc(S(=O)(=O)N(C)C)ccc21. The molecule has 0 aliphatic rings. The molecular weight excluding hydrogens is 458 g/mol. The minimum Gasteiger partial charge on any atom is -0.420 e. The van der Waals surface area contributed by atoms with Gasteiger partial charge in [-0.3, -0.25) is 0 Å². The number of imidazole rings is 1. The van der Waals surface area contributed by atoms with Crippen LogP contribution in [0.1, 0.15) is 31.2 Å². The molecule has 0 N–H and O–H groups in total. The second-order valence-corrected chi connectivity index (χ2v) is 11.1. The van der Waals surface area contributed by atoms with E-state index in [-0.39, 0.29) is 4.90 Å². The molecule has 10 heteroatoms. The summed E-state index contributed by atoms with van der Waals surface area (Å²) in [6, 6.07) is 13.1. The average Bonchev–Trinajstić information content (AvgIpc) is 3.40. The number of unbranched alkanes of at least 4 members (excludes halogenated alkanes) is 1. The minimum absolute atomic E-state index is 0.233. The first-order chi connectivity index (χ1) is 15.8. The molecule has 33 heavy (non-hydrogen) atoms. The van der Waals surface area contributed by atoms with Gasteiger partial charge in [0.15, 0.2) is 5.16 Å². The van der Waals surface area contributed by atoms with E-state index in [2.05, 4.69) is 21.7 Å². The summed E-state index contributed by atoms with van der Waals surface area (Å²) in [5.41, 5.74) is 3.62. The molecule has 0 radical (unpaired) electrons. The van der Waals surface area contributed by atoms with Crippen LogP contribution < -0.4 is 0 Å². The van der Waals surface area contributed by atoms with E-state index in [0.717, 1.165) is 35.6 Å². The van der Waals surface area contributed by atoms with Crippen molar-refractivity contribution in [3.8, 4) is 11.5 Å². The van der Waals surface area contributed by atoms with Crippen LogP contribution >= 0.6 is 11.8 Å². The molecule has 0 atom stereocenters. The van der Waals surface area contributed by atoms with Gasteiger partial charge in [-0.15, -0.1) is 10.2 Å². The molecule has 0 saturated carbocycles. The summed E-state index contributed by atoms with van der Waals surface area (Å²) >= 11 is 1.50. The van der Waals surface area contributed by atoms with Crippen molar-refractivity contribution in [1.82, 2.24) is 24.1 Å². The monoisotopic (exact) mass is 485 g/mol. The Morgan fingerprint density at radius 3 is 2.55 bits per heavy atom. The van der Waals surface area contributed by atoms with Gasteiger partial charge in [-0.05, 0) is 43.7 Å². The van der Waals surface area contributed by atoms with Crippen molar-refractivity contribution in [3.05, 3.63) is 53.9 Å². The third kappa shape index (κ3) is 4.97. The summed E-state index contributed by atoms with van der Waals surface area (Å²) in [5, 5.41) is 9.15. The molecule has 2 aromatic heterocycles. The van der Waals surface area contributed by atoms with Gasteiger partial charge in [0.05, 0.1) is 21.7 Å². The number of hydrogen-bond donors (Lipinski definition) is 0. The summed E-state index contributed by atoms with van der Waals surface area (Å²) in [6.45, 7) is 4.97. The molecule has 2 heterocycles. The van der Waals surface area contributed by atoms with Crippen molar-refractivity contribution < 1.29 is 12.8 Å². The predicted octanol–water partition coefficient (Wildman–Crippen LogP) is 4.74. The van der Waals surface area contributed by atoms with E-state index in [9.17, 15) is 8.42 Å². The number of rotatable bonds is 9. The first-order valence-corrected chi connectivity index (χ1v) is 13.2. The fourth-order valence-corrected chi connectivity index (χ4v) is 5.15. The number of thioether (sulfide) groups is 1. The maximum Gasteiger partial charge on any atom is 0.247 e. The lowest BCUT2D eigenvalue weighted by molar-refractivity contribution is 0.521. The first-order valence-electron chi connectivity index (χ1n) is 10.7. The van der Waals surface area contributed by atoms with E-state index in [4.69, 9.17) is 9.40 Å². The van der Waals surface area contributed by atoms with Gasteiger partial charge < -0.3 is 8.98 Å². The van der Waals surface area contributed by atoms with Crippen LogP contribution in [0.25, 0.3) is 22.5 Å². The zero-order valence-corrected chi connectivity index (χ0v) is 20.8. The molecule has 0 unspecified atom stereocenters. The van der Waals surface area contributed by atoms with Crippen molar-refractivity contribution in [1.29, 1.82) is 0 Å². The Morgan fingerprint density at radius 2 is 1.85 bits per heavy atom. The lowest BCUT2D eigenvalue weighted by Crippen LogP contribution is -2.22. The molecule has 0 saturated heterocycles. The van der Waals surface area contributed by atoms with Gasteiger partial charge in [0.25, 0.3) is 0 Å². The van der Waals surface area contributed by atoms with Crippen LogP contribution in [0.5, 0.6) is 0 Å². The number of hydrogen-bond acceptors (Lipinski definition) is 7. The number of aryl methyl sites for hydroxylation is 2. The topological polar surface area (TPSA) is 94.1 Å². The molecule has 0 fully saturated rings. The Balaban J connectivity index is 1.60. The molecule has 0 amide bonds. The van der Waals surface area contributed by atoms with Crippen LogP contribution in [0.2, 0.25) is 0 Å². The molecule has 2 aromatic carbocycles. The Hall–Kier alpha value is -2.69. The standard InChI is InChI=1S/C23H27N5O3S2/c1-5-6-13-28-20-12-11-18(33(29,30)27(3)4)14-19(20)24-23(28)32-15-21-25-26-22(31-21)17-9-7-16(2)8-10-17/h7-12,14H,5-6,13,15H2,1-4H3. The number of sulfonamides is 1. The fourth-order valence-electron chi connectivity index (χ4n) is 3.35. The summed E-state index contributed by atoms with van der Waals surface area (Å²) < 4.78 is 34.3. The Kier molecular flexibility index (Phi) is 6.87. The predicted molar refractivity (Wildman–Crippen MR) is 130 cm³/mol. The van der Waals surface area contributed by atoms with E-state index in [1.165, 1.54) is 35.7 Å². The van der Waals surface area contributed by atoms with Crippen molar-refractivity contribution in [2.75, 3.05) is 14.1 Å². The Labute approximate surface area is 198 Å². The Bertz CT molecular complexity index is 1360. The smallest absolute Gasteiger partial charge is 0.247 e. The number of benzene rings is 2. The highest BCUT2D eigenvalue weighted by molar-refractivity contribution is 7.98. The quantitative estimate of drug-likeness (QED) is 0.316. The highest BCUT2D eigenvalue weighted by atomic mass is 32.2. The fraction of sp³-hybridized carbons (Fsp3) is 0.348. The number of fused-ring (bicyclic) bond motifs is 1. The van der Waals surface area contributed by atoms with E-state index in [0.29, 0.717) is 23.1 Å². The van der Waals surface area contributed by atoms with E-state index in [1.54, 1.807) is 12.1 Å². The van der Waals surface area contributed by atoms with Gasteiger partial charge >= 0.3 is 0 Å². The third-order valence-electron chi connectivity index (χ3n) is 5.29. The molecule has 0 bridgehead atoms. The minimum atomic E-state index is -3.53. The maximum absolute atomic E-state index is 12.5.